The lowest BCUT2D eigenvalue weighted by Gasteiger charge is -2.49. The SMILES string of the molecule is CCCCOC1CC(N=C(N)Nc2ccccc2)C1(C)C.I. The predicted octanol–water partition coefficient (Wildman–Crippen LogP) is 4.02. The van der Waals surface area contributed by atoms with Crippen LogP contribution in [0.4, 0.5) is 5.69 Å². The average molecular weight is 417 g/mol. The van der Waals surface area contributed by atoms with Crippen LogP contribution >= 0.6 is 24.0 Å². The molecule has 0 saturated heterocycles. The van der Waals surface area contributed by atoms with Gasteiger partial charge in [-0.15, -0.1) is 24.0 Å². The minimum atomic E-state index is 0. The second-order valence-electron chi connectivity index (χ2n) is 6.29. The predicted molar refractivity (Wildman–Crippen MR) is 104 cm³/mol. The molecule has 3 N–H and O–H groups in total. The van der Waals surface area contributed by atoms with Crippen molar-refractivity contribution >= 4 is 35.6 Å². The molecule has 5 heteroatoms. The Morgan fingerprint density at radius 3 is 2.64 bits per heavy atom. The van der Waals surface area contributed by atoms with Gasteiger partial charge in [0.05, 0.1) is 12.1 Å². The molecule has 1 aromatic carbocycles. The number of nitrogens with one attached hydrogen (secondary N) is 1. The summed E-state index contributed by atoms with van der Waals surface area (Å²) < 4.78 is 5.93. The van der Waals surface area contributed by atoms with E-state index in [2.05, 4.69) is 31.1 Å². The van der Waals surface area contributed by atoms with E-state index in [1.807, 2.05) is 30.3 Å². The van der Waals surface area contributed by atoms with Crippen molar-refractivity contribution in [3.63, 3.8) is 0 Å². The zero-order valence-electron chi connectivity index (χ0n) is 13.7. The molecule has 0 aliphatic heterocycles. The van der Waals surface area contributed by atoms with E-state index in [9.17, 15) is 0 Å². The second-order valence-corrected chi connectivity index (χ2v) is 6.29. The highest BCUT2D eigenvalue weighted by Gasteiger charge is 2.49. The van der Waals surface area contributed by atoms with Crippen molar-refractivity contribution in [1.82, 2.24) is 0 Å². The van der Waals surface area contributed by atoms with Gasteiger partial charge in [0, 0.05) is 17.7 Å². The highest BCUT2D eigenvalue weighted by Crippen LogP contribution is 2.44. The van der Waals surface area contributed by atoms with Gasteiger partial charge in [0.25, 0.3) is 0 Å². The number of rotatable bonds is 6. The quantitative estimate of drug-likeness (QED) is 0.318. The van der Waals surface area contributed by atoms with E-state index < -0.39 is 0 Å². The number of unbranched alkanes of at least 4 members (excludes halogenated alkanes) is 1. The van der Waals surface area contributed by atoms with E-state index >= 15 is 0 Å². The number of aliphatic imine (C=N–C) groups is 1. The van der Waals surface area contributed by atoms with Gasteiger partial charge in [-0.25, -0.2) is 4.99 Å². The first-order valence-electron chi connectivity index (χ1n) is 7.81. The Labute approximate surface area is 150 Å². The summed E-state index contributed by atoms with van der Waals surface area (Å²) in [5.41, 5.74) is 7.02. The lowest BCUT2D eigenvalue weighted by atomic mass is 9.65. The number of nitrogens with zero attached hydrogens (tertiary/aromatic N) is 1. The van der Waals surface area contributed by atoms with Crippen molar-refractivity contribution in [2.75, 3.05) is 11.9 Å². The number of halogens is 1. The molecule has 0 radical (unpaired) electrons. The van der Waals surface area contributed by atoms with Gasteiger partial charge in [-0.05, 0) is 25.0 Å². The average Bonchev–Trinajstić information content (AvgIpc) is 2.46. The van der Waals surface area contributed by atoms with Crippen LogP contribution in [0.25, 0.3) is 0 Å². The van der Waals surface area contributed by atoms with Crippen LogP contribution in [0.3, 0.4) is 0 Å². The van der Waals surface area contributed by atoms with E-state index in [0.717, 1.165) is 25.1 Å². The Balaban J connectivity index is 0.00000242. The van der Waals surface area contributed by atoms with Crippen molar-refractivity contribution in [3.8, 4) is 0 Å². The summed E-state index contributed by atoms with van der Waals surface area (Å²) in [5.74, 6) is 0.478. The molecule has 0 aromatic heterocycles. The Morgan fingerprint density at radius 2 is 2.05 bits per heavy atom. The van der Waals surface area contributed by atoms with Crippen molar-refractivity contribution in [2.24, 2.45) is 16.1 Å². The lowest BCUT2D eigenvalue weighted by molar-refractivity contribution is -0.107. The van der Waals surface area contributed by atoms with E-state index in [1.54, 1.807) is 0 Å². The molecule has 1 aliphatic rings. The van der Waals surface area contributed by atoms with Gasteiger partial charge >= 0.3 is 0 Å². The highest BCUT2D eigenvalue weighted by atomic mass is 127. The molecule has 22 heavy (non-hydrogen) atoms. The van der Waals surface area contributed by atoms with E-state index in [4.69, 9.17) is 10.5 Å². The summed E-state index contributed by atoms with van der Waals surface area (Å²) >= 11 is 0. The summed E-state index contributed by atoms with van der Waals surface area (Å²) in [6, 6.07) is 10.1. The fraction of sp³-hybridized carbons (Fsp3) is 0.588. The molecule has 0 bridgehead atoms. The Morgan fingerprint density at radius 1 is 1.36 bits per heavy atom. The highest BCUT2D eigenvalue weighted by molar-refractivity contribution is 14.0. The van der Waals surface area contributed by atoms with E-state index in [0.29, 0.717) is 12.1 Å². The number of guanidine groups is 1. The van der Waals surface area contributed by atoms with Gasteiger partial charge in [-0.1, -0.05) is 45.4 Å². The van der Waals surface area contributed by atoms with Gasteiger partial charge < -0.3 is 15.8 Å². The summed E-state index contributed by atoms with van der Waals surface area (Å²) in [7, 11) is 0. The third kappa shape index (κ3) is 4.84. The first kappa shape index (κ1) is 19.2. The molecule has 0 amide bonds. The molecule has 1 aromatic rings. The number of nitrogens with two attached hydrogens (primary N) is 1. The maximum absolute atomic E-state index is 6.00. The largest absolute Gasteiger partial charge is 0.377 e. The molecule has 2 unspecified atom stereocenters. The number of benzene rings is 1. The first-order valence-corrected chi connectivity index (χ1v) is 7.81. The molecular weight excluding hydrogens is 389 g/mol. The van der Waals surface area contributed by atoms with Gasteiger partial charge in [0.1, 0.15) is 0 Å². The summed E-state index contributed by atoms with van der Waals surface area (Å²) in [5, 5.41) is 3.13. The fourth-order valence-electron chi connectivity index (χ4n) is 2.61. The molecule has 2 rings (SSSR count). The van der Waals surface area contributed by atoms with Crippen LogP contribution in [-0.2, 0) is 4.74 Å². The summed E-state index contributed by atoms with van der Waals surface area (Å²) in [6.45, 7) is 7.44. The fourth-order valence-corrected chi connectivity index (χ4v) is 2.61. The zero-order valence-corrected chi connectivity index (χ0v) is 16.0. The van der Waals surface area contributed by atoms with E-state index in [-0.39, 0.29) is 35.4 Å². The van der Waals surface area contributed by atoms with E-state index in [1.165, 1.54) is 6.42 Å². The smallest absolute Gasteiger partial charge is 0.193 e. The lowest BCUT2D eigenvalue weighted by Crippen LogP contribution is -2.54. The van der Waals surface area contributed by atoms with Crippen LogP contribution in [0.2, 0.25) is 0 Å². The molecule has 1 aliphatic carbocycles. The third-order valence-corrected chi connectivity index (χ3v) is 4.28. The molecule has 2 atom stereocenters. The second kappa shape index (κ2) is 8.72. The monoisotopic (exact) mass is 417 g/mol. The van der Waals surface area contributed by atoms with Crippen molar-refractivity contribution in [2.45, 2.75) is 52.2 Å². The minimum Gasteiger partial charge on any atom is -0.377 e. The van der Waals surface area contributed by atoms with Crippen LogP contribution in [-0.4, -0.2) is 24.7 Å². The van der Waals surface area contributed by atoms with Crippen molar-refractivity contribution in [3.05, 3.63) is 30.3 Å². The van der Waals surface area contributed by atoms with Crippen molar-refractivity contribution in [1.29, 1.82) is 0 Å². The van der Waals surface area contributed by atoms with Gasteiger partial charge in [0.2, 0.25) is 0 Å². The number of ether oxygens (including phenoxy) is 1. The van der Waals surface area contributed by atoms with Crippen LogP contribution < -0.4 is 11.1 Å². The zero-order chi connectivity index (χ0) is 15.3. The Bertz CT molecular complexity index is 476. The molecular formula is C17H28IN3O. The Kier molecular flexibility index (Phi) is 7.62. The number of hydrogen-bond acceptors (Lipinski definition) is 2. The van der Waals surface area contributed by atoms with Crippen LogP contribution in [0.1, 0.15) is 40.0 Å². The molecule has 0 heterocycles. The number of anilines is 1. The van der Waals surface area contributed by atoms with Gasteiger partial charge in [-0.2, -0.15) is 0 Å². The maximum atomic E-state index is 6.00. The van der Waals surface area contributed by atoms with Crippen molar-refractivity contribution < 1.29 is 4.74 Å². The van der Waals surface area contributed by atoms with Crippen LogP contribution in [0.15, 0.2) is 35.3 Å². The summed E-state index contributed by atoms with van der Waals surface area (Å²) in [6.07, 6.45) is 3.54. The third-order valence-electron chi connectivity index (χ3n) is 4.28. The van der Waals surface area contributed by atoms with Gasteiger partial charge in [-0.3, -0.25) is 0 Å². The molecule has 1 saturated carbocycles. The topological polar surface area (TPSA) is 59.6 Å². The maximum Gasteiger partial charge on any atom is 0.193 e. The standard InChI is InChI=1S/C17H27N3O.HI/c1-4-5-11-21-15-12-14(17(15,2)3)20-16(18)19-13-9-7-6-8-10-13;/h6-10,14-15H,4-5,11-12H2,1-3H3,(H3,18,19,20);1H. The minimum absolute atomic E-state index is 0. The number of hydrogen-bond donors (Lipinski definition) is 2. The molecule has 4 nitrogen and oxygen atoms in total. The van der Waals surface area contributed by atoms with Crippen LogP contribution in [0.5, 0.6) is 0 Å². The first-order chi connectivity index (χ1) is 10.0. The normalized spacial score (nSPS) is 23.3. The summed E-state index contributed by atoms with van der Waals surface area (Å²) in [4.78, 5) is 4.61. The number of para-hydroxylation sites is 1. The Hall–Kier alpha value is -0.820. The van der Waals surface area contributed by atoms with Gasteiger partial charge in [0.15, 0.2) is 5.96 Å². The molecule has 0 spiro atoms. The molecule has 124 valence electrons. The van der Waals surface area contributed by atoms with Crippen LogP contribution in [0, 0.1) is 5.41 Å². The molecule has 1 fully saturated rings.